The van der Waals surface area contributed by atoms with E-state index < -0.39 is 0 Å². The zero-order valence-electron chi connectivity index (χ0n) is 9.03. The average Bonchev–Trinajstić information content (AvgIpc) is 2.65. The summed E-state index contributed by atoms with van der Waals surface area (Å²) in [5.74, 6) is 0.0883. The van der Waals surface area contributed by atoms with Gasteiger partial charge in [-0.15, -0.1) is 0 Å². The molecule has 0 aromatic heterocycles. The maximum Gasteiger partial charge on any atom is 0.161 e. The lowest BCUT2D eigenvalue weighted by molar-refractivity contribution is 0.101. The molecule has 1 heterocycles. The molecule has 0 saturated heterocycles. The van der Waals surface area contributed by atoms with Crippen LogP contribution in [0, 0.1) is 0 Å². The van der Waals surface area contributed by atoms with Crippen LogP contribution in [-0.2, 0) is 0 Å². The number of hydrazone groups is 1. The number of carbonyl (C=O) groups is 1. The second kappa shape index (κ2) is 3.85. The fraction of sp³-hybridized carbons (Fsp3) is 0.333. The SMILES string of the molecule is CC(=O)c1ccccc1N1CCC(C)=N1. The van der Waals surface area contributed by atoms with Crippen LogP contribution in [0.3, 0.4) is 0 Å². The van der Waals surface area contributed by atoms with Crippen LogP contribution in [0.4, 0.5) is 5.69 Å². The number of nitrogens with zero attached hydrogens (tertiary/aromatic N) is 2. The maximum atomic E-state index is 11.4. The standard InChI is InChI=1S/C12H14N2O/c1-9-7-8-14(13-9)12-6-4-3-5-11(12)10(2)15/h3-6H,7-8H2,1-2H3. The van der Waals surface area contributed by atoms with Gasteiger partial charge in [0.15, 0.2) is 5.78 Å². The summed E-state index contributed by atoms with van der Waals surface area (Å²) in [6.07, 6.45) is 0.978. The summed E-state index contributed by atoms with van der Waals surface area (Å²) >= 11 is 0. The van der Waals surface area contributed by atoms with Gasteiger partial charge in [-0.3, -0.25) is 9.80 Å². The van der Waals surface area contributed by atoms with Crippen LogP contribution >= 0.6 is 0 Å². The first-order valence-corrected chi connectivity index (χ1v) is 5.10. The fourth-order valence-corrected chi connectivity index (χ4v) is 1.74. The van der Waals surface area contributed by atoms with Gasteiger partial charge in [-0.25, -0.2) is 0 Å². The lowest BCUT2D eigenvalue weighted by atomic mass is 10.1. The van der Waals surface area contributed by atoms with Crippen molar-refractivity contribution in [3.8, 4) is 0 Å². The van der Waals surface area contributed by atoms with Gasteiger partial charge in [0.2, 0.25) is 0 Å². The van der Waals surface area contributed by atoms with Crippen LogP contribution in [0.1, 0.15) is 30.6 Å². The first-order chi connectivity index (χ1) is 7.18. The lowest BCUT2D eigenvalue weighted by Gasteiger charge is -2.16. The molecule has 1 aliphatic rings. The summed E-state index contributed by atoms with van der Waals surface area (Å²) in [4.78, 5) is 11.4. The molecule has 0 aliphatic carbocycles. The van der Waals surface area contributed by atoms with Crippen LogP contribution in [0.25, 0.3) is 0 Å². The summed E-state index contributed by atoms with van der Waals surface area (Å²) in [5.41, 5.74) is 2.78. The van der Waals surface area contributed by atoms with E-state index in [4.69, 9.17) is 0 Å². The number of anilines is 1. The van der Waals surface area contributed by atoms with Crippen molar-refractivity contribution >= 4 is 17.2 Å². The highest BCUT2D eigenvalue weighted by Crippen LogP contribution is 2.24. The molecule has 3 heteroatoms. The monoisotopic (exact) mass is 202 g/mol. The molecular weight excluding hydrogens is 188 g/mol. The van der Waals surface area contributed by atoms with Crippen molar-refractivity contribution in [2.45, 2.75) is 20.3 Å². The number of benzene rings is 1. The van der Waals surface area contributed by atoms with E-state index in [1.807, 2.05) is 36.2 Å². The number of carbonyl (C=O) groups excluding carboxylic acids is 1. The molecule has 15 heavy (non-hydrogen) atoms. The molecular formula is C12H14N2O. The van der Waals surface area contributed by atoms with Gasteiger partial charge >= 0.3 is 0 Å². The number of Topliss-reactive ketones (excluding diaryl/α,β-unsaturated/α-hetero) is 1. The minimum atomic E-state index is 0.0883. The van der Waals surface area contributed by atoms with Crippen LogP contribution in [0.15, 0.2) is 29.4 Å². The van der Waals surface area contributed by atoms with Crippen molar-refractivity contribution in [1.29, 1.82) is 0 Å². The third-order valence-electron chi connectivity index (χ3n) is 2.54. The summed E-state index contributed by atoms with van der Waals surface area (Å²) in [5, 5.41) is 6.31. The van der Waals surface area contributed by atoms with Gasteiger partial charge in [-0.05, 0) is 26.0 Å². The Morgan fingerprint density at radius 1 is 1.40 bits per heavy atom. The molecule has 0 saturated carbocycles. The Hall–Kier alpha value is -1.64. The van der Waals surface area contributed by atoms with E-state index in [0.717, 1.165) is 29.9 Å². The Morgan fingerprint density at radius 2 is 2.13 bits per heavy atom. The van der Waals surface area contributed by atoms with Crippen LogP contribution in [0.5, 0.6) is 0 Å². The minimum Gasteiger partial charge on any atom is -0.294 e. The van der Waals surface area contributed by atoms with Crippen molar-refractivity contribution in [3.05, 3.63) is 29.8 Å². The molecule has 3 nitrogen and oxygen atoms in total. The predicted octanol–water partition coefficient (Wildman–Crippen LogP) is 2.48. The van der Waals surface area contributed by atoms with Crippen LogP contribution in [0.2, 0.25) is 0 Å². The van der Waals surface area contributed by atoms with E-state index in [9.17, 15) is 4.79 Å². The Bertz CT molecular complexity index is 423. The normalized spacial score (nSPS) is 15.3. The van der Waals surface area contributed by atoms with Gasteiger partial charge in [0.1, 0.15) is 0 Å². The quantitative estimate of drug-likeness (QED) is 0.690. The third-order valence-corrected chi connectivity index (χ3v) is 2.54. The largest absolute Gasteiger partial charge is 0.294 e. The Labute approximate surface area is 89.4 Å². The average molecular weight is 202 g/mol. The molecule has 0 bridgehead atoms. The van der Waals surface area contributed by atoms with Crippen molar-refractivity contribution in [2.24, 2.45) is 5.10 Å². The first kappa shape index (κ1) is 9.90. The molecule has 0 N–H and O–H groups in total. The molecule has 0 amide bonds. The molecule has 0 fully saturated rings. The summed E-state index contributed by atoms with van der Waals surface area (Å²) in [6.45, 7) is 4.47. The Morgan fingerprint density at radius 3 is 2.73 bits per heavy atom. The molecule has 1 aromatic carbocycles. The number of rotatable bonds is 2. The van der Waals surface area contributed by atoms with Crippen molar-refractivity contribution in [3.63, 3.8) is 0 Å². The molecule has 1 aromatic rings. The van der Waals surface area contributed by atoms with E-state index in [1.54, 1.807) is 6.92 Å². The molecule has 2 rings (SSSR count). The van der Waals surface area contributed by atoms with Gasteiger partial charge in [-0.1, -0.05) is 12.1 Å². The van der Waals surface area contributed by atoms with E-state index in [-0.39, 0.29) is 5.78 Å². The van der Waals surface area contributed by atoms with E-state index in [1.165, 1.54) is 0 Å². The number of para-hydroxylation sites is 1. The van der Waals surface area contributed by atoms with Crippen molar-refractivity contribution in [2.75, 3.05) is 11.6 Å². The first-order valence-electron chi connectivity index (χ1n) is 5.10. The number of hydrogen-bond donors (Lipinski definition) is 0. The predicted molar refractivity (Wildman–Crippen MR) is 61.5 cm³/mol. The van der Waals surface area contributed by atoms with E-state index in [2.05, 4.69) is 5.10 Å². The van der Waals surface area contributed by atoms with E-state index in [0.29, 0.717) is 0 Å². The van der Waals surface area contributed by atoms with E-state index >= 15 is 0 Å². The van der Waals surface area contributed by atoms with Crippen molar-refractivity contribution in [1.82, 2.24) is 0 Å². The molecule has 0 radical (unpaired) electrons. The highest BCUT2D eigenvalue weighted by molar-refractivity contribution is 6.00. The van der Waals surface area contributed by atoms with Crippen molar-refractivity contribution < 1.29 is 4.79 Å². The van der Waals surface area contributed by atoms with Crippen LogP contribution in [-0.4, -0.2) is 18.0 Å². The zero-order chi connectivity index (χ0) is 10.8. The second-order valence-corrected chi connectivity index (χ2v) is 3.78. The van der Waals surface area contributed by atoms with Gasteiger partial charge in [0.05, 0.1) is 5.69 Å². The summed E-state index contributed by atoms with van der Waals surface area (Å²) in [6, 6.07) is 7.61. The number of ketones is 1. The minimum absolute atomic E-state index is 0.0883. The summed E-state index contributed by atoms with van der Waals surface area (Å²) in [7, 11) is 0. The highest BCUT2D eigenvalue weighted by atomic mass is 16.1. The molecule has 78 valence electrons. The third kappa shape index (κ3) is 1.91. The van der Waals surface area contributed by atoms with Gasteiger partial charge < -0.3 is 0 Å². The topological polar surface area (TPSA) is 32.7 Å². The maximum absolute atomic E-state index is 11.4. The smallest absolute Gasteiger partial charge is 0.161 e. The van der Waals surface area contributed by atoms with Gasteiger partial charge in [0.25, 0.3) is 0 Å². The molecule has 0 unspecified atom stereocenters. The lowest BCUT2D eigenvalue weighted by Crippen LogP contribution is -2.15. The molecule has 0 spiro atoms. The zero-order valence-corrected chi connectivity index (χ0v) is 9.03. The van der Waals surface area contributed by atoms with Gasteiger partial charge in [-0.2, -0.15) is 5.10 Å². The van der Waals surface area contributed by atoms with Crippen LogP contribution < -0.4 is 5.01 Å². The summed E-state index contributed by atoms with van der Waals surface area (Å²) < 4.78 is 0. The Kier molecular flexibility index (Phi) is 2.54. The molecule has 1 aliphatic heterocycles. The van der Waals surface area contributed by atoms with Gasteiger partial charge in [0, 0.05) is 24.2 Å². The second-order valence-electron chi connectivity index (χ2n) is 3.78. The highest BCUT2D eigenvalue weighted by Gasteiger charge is 2.17. The molecule has 0 atom stereocenters. The Balaban J connectivity index is 2.40. The fourth-order valence-electron chi connectivity index (χ4n) is 1.74. The number of hydrogen-bond acceptors (Lipinski definition) is 3.